The van der Waals surface area contributed by atoms with Crippen molar-refractivity contribution in [3.05, 3.63) is 106 Å². The van der Waals surface area contributed by atoms with Crippen LogP contribution in [-0.4, -0.2) is 16.0 Å². The van der Waals surface area contributed by atoms with E-state index in [1.165, 1.54) is 0 Å². The fourth-order valence-corrected chi connectivity index (χ4v) is 4.16. The second-order valence-corrected chi connectivity index (χ2v) is 8.39. The Bertz CT molecular complexity index is 1480. The minimum atomic E-state index is -0.320. The summed E-state index contributed by atoms with van der Waals surface area (Å²) in [6.07, 6.45) is 3.30. The van der Waals surface area contributed by atoms with Crippen molar-refractivity contribution in [3.63, 3.8) is 0 Å². The van der Waals surface area contributed by atoms with Crippen LogP contribution in [0.25, 0.3) is 22.0 Å². The number of nitrogens with one attached hydrogen (secondary N) is 2. The van der Waals surface area contributed by atoms with E-state index < -0.39 is 0 Å². The highest BCUT2D eigenvalue weighted by Crippen LogP contribution is 2.34. The molecule has 8 heteroatoms. The van der Waals surface area contributed by atoms with Crippen molar-refractivity contribution in [3.8, 4) is 11.3 Å². The quantitative estimate of drug-likeness (QED) is 0.267. The molecule has 0 aliphatic rings. The first-order valence-electron chi connectivity index (χ1n) is 10.5. The molecule has 6 nitrogen and oxygen atoms in total. The molecule has 0 aliphatic heterocycles. The predicted molar refractivity (Wildman–Crippen MR) is 135 cm³/mol. The van der Waals surface area contributed by atoms with Gasteiger partial charge < -0.3 is 15.2 Å². The molecule has 0 fully saturated rings. The van der Waals surface area contributed by atoms with Crippen LogP contribution in [0.1, 0.15) is 15.9 Å². The van der Waals surface area contributed by atoms with E-state index in [1.807, 2.05) is 42.5 Å². The molecule has 0 atom stereocenters. The minimum absolute atomic E-state index is 0.320. The third kappa shape index (κ3) is 4.59. The van der Waals surface area contributed by atoms with Gasteiger partial charge in [-0.05, 0) is 47.3 Å². The van der Waals surface area contributed by atoms with Crippen LogP contribution in [0.4, 0.5) is 11.6 Å². The Morgan fingerprint density at radius 3 is 2.62 bits per heavy atom. The van der Waals surface area contributed by atoms with Crippen LogP contribution in [0.5, 0.6) is 0 Å². The van der Waals surface area contributed by atoms with Gasteiger partial charge in [-0.3, -0.25) is 9.78 Å². The summed E-state index contributed by atoms with van der Waals surface area (Å²) in [6, 6.07) is 22.2. The van der Waals surface area contributed by atoms with E-state index in [0.717, 1.165) is 27.6 Å². The van der Waals surface area contributed by atoms with Crippen LogP contribution in [0.2, 0.25) is 10.0 Å². The fraction of sp³-hybridized carbons (Fsp3) is 0.0385. The molecule has 0 bridgehead atoms. The molecule has 1 amide bonds. The average molecular weight is 489 g/mol. The van der Waals surface area contributed by atoms with Gasteiger partial charge in [-0.25, -0.2) is 0 Å². The topological polar surface area (TPSA) is 80.0 Å². The molecule has 0 saturated heterocycles. The smallest absolute Gasteiger partial charge is 0.257 e. The van der Waals surface area contributed by atoms with Crippen LogP contribution >= 0.6 is 23.2 Å². The number of hydrogen-bond acceptors (Lipinski definition) is 5. The van der Waals surface area contributed by atoms with Crippen molar-refractivity contribution in [2.75, 3.05) is 10.6 Å². The molecular weight excluding hydrogens is 471 g/mol. The first-order valence-corrected chi connectivity index (χ1v) is 11.2. The predicted octanol–water partition coefficient (Wildman–Crippen LogP) is 7.06. The molecule has 5 rings (SSSR count). The molecule has 2 heterocycles. The van der Waals surface area contributed by atoms with Gasteiger partial charge >= 0.3 is 0 Å². The largest absolute Gasteiger partial charge is 0.350 e. The zero-order valence-corrected chi connectivity index (χ0v) is 19.3. The molecule has 168 valence electrons. The number of anilines is 2. The van der Waals surface area contributed by atoms with Gasteiger partial charge in [0.15, 0.2) is 0 Å². The molecule has 0 aliphatic carbocycles. The molecule has 2 aromatic heterocycles. The molecule has 0 radical (unpaired) electrons. The lowest BCUT2D eigenvalue weighted by Gasteiger charge is -2.12. The van der Waals surface area contributed by atoms with E-state index in [4.69, 9.17) is 27.7 Å². The van der Waals surface area contributed by atoms with Crippen LogP contribution in [0.3, 0.4) is 0 Å². The standard InChI is InChI=1S/C26H18Cl2N4O2/c27-22-8-6-18(14-21(22)25-19-4-2-1-3-17(19)9-11-29-25)32-26(33)20-7-5-16(13-23(20)28)15-30-24-10-12-31-34-24/h1-14,30H,15H2,(H,32,33). The highest BCUT2D eigenvalue weighted by molar-refractivity contribution is 6.35. The van der Waals surface area contributed by atoms with Gasteiger partial charge in [0.2, 0.25) is 5.88 Å². The van der Waals surface area contributed by atoms with Crippen molar-refractivity contribution in [1.29, 1.82) is 0 Å². The third-order valence-electron chi connectivity index (χ3n) is 5.34. The number of aromatic nitrogens is 2. The first kappa shape index (κ1) is 21.9. The third-order valence-corrected chi connectivity index (χ3v) is 5.98. The lowest BCUT2D eigenvalue weighted by atomic mass is 10.0. The minimum Gasteiger partial charge on any atom is -0.350 e. The summed E-state index contributed by atoms with van der Waals surface area (Å²) in [5.74, 6) is 0.232. The van der Waals surface area contributed by atoms with Crippen molar-refractivity contribution < 1.29 is 9.32 Å². The monoisotopic (exact) mass is 488 g/mol. The molecule has 3 aromatic carbocycles. The lowest BCUT2D eigenvalue weighted by molar-refractivity contribution is 0.102. The number of carbonyl (C=O) groups excluding carboxylic acids is 1. The molecule has 5 aromatic rings. The molecule has 34 heavy (non-hydrogen) atoms. The summed E-state index contributed by atoms with van der Waals surface area (Å²) in [6.45, 7) is 0.482. The number of hydrogen-bond donors (Lipinski definition) is 2. The molecular formula is C26H18Cl2N4O2. The lowest BCUT2D eigenvalue weighted by Crippen LogP contribution is -2.13. The van der Waals surface area contributed by atoms with Gasteiger partial charge in [0, 0.05) is 35.4 Å². The normalized spacial score (nSPS) is 10.9. The van der Waals surface area contributed by atoms with Crippen LogP contribution in [0, 0.1) is 0 Å². The van der Waals surface area contributed by atoms with Gasteiger partial charge in [-0.2, -0.15) is 0 Å². The van der Waals surface area contributed by atoms with Crippen LogP contribution in [0.15, 0.2) is 89.7 Å². The second kappa shape index (κ2) is 9.55. The number of rotatable bonds is 6. The van der Waals surface area contributed by atoms with E-state index in [-0.39, 0.29) is 5.91 Å². The highest BCUT2D eigenvalue weighted by Gasteiger charge is 2.14. The summed E-state index contributed by atoms with van der Waals surface area (Å²) < 4.78 is 5.02. The van der Waals surface area contributed by atoms with Crippen molar-refractivity contribution >= 4 is 51.5 Å². The maximum absolute atomic E-state index is 13.0. The number of amides is 1. The molecule has 0 unspecified atom stereocenters. The van der Waals surface area contributed by atoms with Crippen LogP contribution < -0.4 is 10.6 Å². The van der Waals surface area contributed by atoms with Gasteiger partial charge in [-0.1, -0.05) is 58.7 Å². The molecule has 0 saturated carbocycles. The maximum atomic E-state index is 13.0. The van der Waals surface area contributed by atoms with E-state index in [9.17, 15) is 4.79 Å². The van der Waals surface area contributed by atoms with Gasteiger partial charge in [0.05, 0.1) is 27.5 Å². The SMILES string of the molecule is O=C(Nc1ccc(Cl)c(-c2nccc3ccccc23)c1)c1ccc(CNc2ccno2)cc1Cl. The van der Waals surface area contributed by atoms with E-state index in [1.54, 1.807) is 42.7 Å². The molecule has 0 spiro atoms. The van der Waals surface area contributed by atoms with Crippen molar-refractivity contribution in [1.82, 2.24) is 10.1 Å². The summed E-state index contributed by atoms with van der Waals surface area (Å²) in [7, 11) is 0. The Hall–Kier alpha value is -3.87. The second-order valence-electron chi connectivity index (χ2n) is 7.57. The van der Waals surface area contributed by atoms with Crippen LogP contribution in [-0.2, 0) is 6.54 Å². The zero-order valence-electron chi connectivity index (χ0n) is 17.8. The first-order chi connectivity index (χ1) is 16.6. The zero-order chi connectivity index (χ0) is 23.5. The van der Waals surface area contributed by atoms with Crippen molar-refractivity contribution in [2.45, 2.75) is 6.54 Å². The van der Waals surface area contributed by atoms with Crippen molar-refractivity contribution in [2.24, 2.45) is 0 Å². The number of fused-ring (bicyclic) bond motifs is 1. The Kier molecular flexibility index (Phi) is 6.16. The van der Waals surface area contributed by atoms with E-state index in [2.05, 4.69) is 20.8 Å². The average Bonchev–Trinajstić information content (AvgIpc) is 3.37. The Labute approximate surface area is 205 Å². The Morgan fingerprint density at radius 1 is 0.912 bits per heavy atom. The van der Waals surface area contributed by atoms with Gasteiger partial charge in [-0.15, -0.1) is 0 Å². The Balaban J connectivity index is 1.37. The number of nitrogens with zero attached hydrogens (tertiary/aromatic N) is 2. The highest BCUT2D eigenvalue weighted by atomic mass is 35.5. The van der Waals surface area contributed by atoms with E-state index >= 15 is 0 Å². The van der Waals surface area contributed by atoms with Gasteiger partial charge in [0.1, 0.15) is 0 Å². The maximum Gasteiger partial charge on any atom is 0.257 e. The number of pyridine rings is 1. The number of halogens is 2. The Morgan fingerprint density at radius 2 is 1.79 bits per heavy atom. The fourth-order valence-electron chi connectivity index (χ4n) is 3.67. The summed E-state index contributed by atoms with van der Waals surface area (Å²) >= 11 is 12.9. The summed E-state index contributed by atoms with van der Waals surface area (Å²) in [4.78, 5) is 17.5. The number of benzene rings is 3. The molecule has 2 N–H and O–H groups in total. The van der Waals surface area contributed by atoms with Gasteiger partial charge in [0.25, 0.3) is 5.91 Å². The summed E-state index contributed by atoms with van der Waals surface area (Å²) in [5.41, 5.74) is 3.34. The summed E-state index contributed by atoms with van der Waals surface area (Å²) in [5, 5.41) is 12.6. The van der Waals surface area contributed by atoms with E-state index in [0.29, 0.717) is 33.7 Å². The number of carbonyl (C=O) groups is 1.